The quantitative estimate of drug-likeness (QED) is 0.847. The fourth-order valence-corrected chi connectivity index (χ4v) is 2.23. The molecule has 21 heavy (non-hydrogen) atoms. The minimum atomic E-state index is -0.488. The monoisotopic (exact) mass is 302 g/mol. The fourth-order valence-electron chi connectivity index (χ4n) is 2.11. The van der Waals surface area contributed by atoms with Crippen LogP contribution in [0.3, 0.4) is 0 Å². The molecule has 0 radical (unpaired) electrons. The van der Waals surface area contributed by atoms with Gasteiger partial charge in [-0.15, -0.1) is 0 Å². The number of carbonyl (C=O) groups excluding carboxylic acids is 1. The number of urea groups is 1. The van der Waals surface area contributed by atoms with Gasteiger partial charge >= 0.3 is 6.03 Å². The Balaban J connectivity index is 2.05. The van der Waals surface area contributed by atoms with Crippen molar-refractivity contribution in [1.82, 2.24) is 5.32 Å². The number of hydrogen-bond acceptors (Lipinski definition) is 1. The summed E-state index contributed by atoms with van der Waals surface area (Å²) in [5.41, 5.74) is 2.38. The van der Waals surface area contributed by atoms with Crippen molar-refractivity contribution in [2.75, 3.05) is 5.32 Å². The second kappa shape index (κ2) is 6.19. The van der Waals surface area contributed by atoms with Crippen molar-refractivity contribution in [2.24, 2.45) is 0 Å². The first-order valence-electron chi connectivity index (χ1n) is 6.79. The summed E-state index contributed by atoms with van der Waals surface area (Å²) in [6.45, 7) is 5.89. The lowest BCUT2D eigenvalue weighted by Gasteiger charge is -2.27. The molecule has 110 valence electrons. The van der Waals surface area contributed by atoms with Gasteiger partial charge in [0.25, 0.3) is 0 Å². The second-order valence-electron chi connectivity index (χ2n) is 5.58. The Morgan fingerprint density at radius 1 is 1.10 bits per heavy atom. The maximum absolute atomic E-state index is 12.1. The number of rotatable bonds is 3. The molecule has 3 nitrogen and oxygen atoms in total. The average Bonchev–Trinajstić information content (AvgIpc) is 2.38. The van der Waals surface area contributed by atoms with Crippen LogP contribution in [-0.2, 0) is 5.54 Å². The van der Waals surface area contributed by atoms with E-state index in [1.165, 1.54) is 0 Å². The van der Waals surface area contributed by atoms with E-state index >= 15 is 0 Å². The van der Waals surface area contributed by atoms with Crippen LogP contribution in [0.15, 0.2) is 48.5 Å². The Morgan fingerprint density at radius 3 is 2.38 bits per heavy atom. The van der Waals surface area contributed by atoms with Gasteiger partial charge in [0.05, 0.1) is 5.54 Å². The molecule has 0 saturated heterocycles. The van der Waals surface area contributed by atoms with Crippen LogP contribution < -0.4 is 10.6 Å². The van der Waals surface area contributed by atoms with Crippen LogP contribution in [0.1, 0.15) is 25.0 Å². The molecule has 0 unspecified atom stereocenters. The highest BCUT2D eigenvalue weighted by atomic mass is 35.5. The minimum absolute atomic E-state index is 0.236. The fraction of sp³-hybridized carbons (Fsp3) is 0.235. The molecule has 2 rings (SSSR count). The summed E-state index contributed by atoms with van der Waals surface area (Å²) in [7, 11) is 0. The van der Waals surface area contributed by atoms with Crippen LogP contribution >= 0.6 is 11.6 Å². The van der Waals surface area contributed by atoms with E-state index in [2.05, 4.69) is 10.6 Å². The average molecular weight is 303 g/mol. The number of carbonyl (C=O) groups is 1. The molecule has 0 aliphatic carbocycles. The molecule has 0 spiro atoms. The Labute approximate surface area is 130 Å². The summed E-state index contributed by atoms with van der Waals surface area (Å²) in [4.78, 5) is 12.1. The number of nitrogens with one attached hydrogen (secondary N) is 2. The van der Waals surface area contributed by atoms with Gasteiger partial charge in [0.2, 0.25) is 0 Å². The third-order valence-corrected chi connectivity index (χ3v) is 3.52. The van der Waals surface area contributed by atoms with E-state index in [1.807, 2.05) is 69.3 Å². The molecule has 0 aliphatic rings. The lowest BCUT2D eigenvalue weighted by atomic mass is 9.94. The van der Waals surface area contributed by atoms with Crippen LogP contribution in [-0.4, -0.2) is 6.03 Å². The van der Waals surface area contributed by atoms with Gasteiger partial charge in [0.1, 0.15) is 0 Å². The number of aryl methyl sites for hydroxylation is 1. The van der Waals surface area contributed by atoms with E-state index < -0.39 is 5.54 Å². The Morgan fingerprint density at radius 2 is 1.76 bits per heavy atom. The van der Waals surface area contributed by atoms with Crippen molar-refractivity contribution < 1.29 is 4.79 Å². The maximum atomic E-state index is 12.1. The van der Waals surface area contributed by atoms with Crippen molar-refractivity contribution >= 4 is 23.3 Å². The molecule has 0 fully saturated rings. The topological polar surface area (TPSA) is 41.1 Å². The van der Waals surface area contributed by atoms with Crippen LogP contribution in [0.25, 0.3) is 0 Å². The molecule has 0 heterocycles. The summed E-state index contributed by atoms with van der Waals surface area (Å²) in [5, 5.41) is 6.49. The zero-order chi connectivity index (χ0) is 15.5. The van der Waals surface area contributed by atoms with E-state index in [-0.39, 0.29) is 6.03 Å². The predicted molar refractivity (Wildman–Crippen MR) is 87.8 cm³/mol. The van der Waals surface area contributed by atoms with Gasteiger partial charge in [0.15, 0.2) is 0 Å². The van der Waals surface area contributed by atoms with Crippen LogP contribution in [0, 0.1) is 6.92 Å². The highest BCUT2D eigenvalue weighted by Crippen LogP contribution is 2.22. The van der Waals surface area contributed by atoms with E-state index in [0.717, 1.165) is 16.8 Å². The highest BCUT2D eigenvalue weighted by Gasteiger charge is 2.22. The molecule has 2 aromatic rings. The van der Waals surface area contributed by atoms with Crippen molar-refractivity contribution in [3.63, 3.8) is 0 Å². The van der Waals surface area contributed by atoms with Crippen molar-refractivity contribution in [2.45, 2.75) is 26.3 Å². The third-order valence-electron chi connectivity index (χ3n) is 3.27. The first-order valence-corrected chi connectivity index (χ1v) is 7.16. The highest BCUT2D eigenvalue weighted by molar-refractivity contribution is 6.30. The largest absolute Gasteiger partial charge is 0.329 e. The molecule has 2 aromatic carbocycles. The van der Waals surface area contributed by atoms with Crippen molar-refractivity contribution in [3.05, 3.63) is 64.7 Å². The van der Waals surface area contributed by atoms with E-state index in [1.54, 1.807) is 0 Å². The smallest absolute Gasteiger partial charge is 0.319 e. The normalized spacial score (nSPS) is 11.0. The van der Waals surface area contributed by atoms with Crippen LogP contribution in [0.5, 0.6) is 0 Å². The molecule has 4 heteroatoms. The summed E-state index contributed by atoms with van der Waals surface area (Å²) < 4.78 is 0. The number of benzene rings is 2. The molecule has 0 aliphatic heterocycles. The van der Waals surface area contributed by atoms with Gasteiger partial charge in [-0.3, -0.25) is 0 Å². The molecule has 0 saturated carbocycles. The SMILES string of the molecule is Cc1cccc(NC(=O)NC(C)(C)c2ccc(Cl)cc2)c1. The molecule has 0 atom stereocenters. The zero-order valence-corrected chi connectivity index (χ0v) is 13.2. The molecule has 2 amide bonds. The first-order chi connectivity index (χ1) is 9.87. The summed E-state index contributed by atoms with van der Waals surface area (Å²) in [6.07, 6.45) is 0. The molecule has 0 aromatic heterocycles. The minimum Gasteiger partial charge on any atom is -0.329 e. The number of halogens is 1. The van der Waals surface area contributed by atoms with Gasteiger partial charge in [-0.25, -0.2) is 4.79 Å². The summed E-state index contributed by atoms with van der Waals surface area (Å²) in [5.74, 6) is 0. The van der Waals surface area contributed by atoms with Gasteiger partial charge in [-0.2, -0.15) is 0 Å². The molecular weight excluding hydrogens is 284 g/mol. The summed E-state index contributed by atoms with van der Waals surface area (Å²) in [6, 6.07) is 14.9. The van der Waals surface area contributed by atoms with E-state index in [0.29, 0.717) is 5.02 Å². The lowest BCUT2D eigenvalue weighted by molar-refractivity contribution is 0.242. The standard InChI is InChI=1S/C17H19ClN2O/c1-12-5-4-6-15(11-12)19-16(21)20-17(2,3)13-7-9-14(18)10-8-13/h4-11H,1-3H3,(H2,19,20,21). The maximum Gasteiger partial charge on any atom is 0.319 e. The Kier molecular flexibility index (Phi) is 4.53. The second-order valence-corrected chi connectivity index (χ2v) is 6.02. The predicted octanol–water partition coefficient (Wildman–Crippen LogP) is 4.71. The van der Waals surface area contributed by atoms with Gasteiger partial charge < -0.3 is 10.6 Å². The number of hydrogen-bond donors (Lipinski definition) is 2. The van der Waals surface area contributed by atoms with Crippen molar-refractivity contribution in [1.29, 1.82) is 0 Å². The number of anilines is 1. The lowest BCUT2D eigenvalue weighted by Crippen LogP contribution is -2.43. The molecule has 2 N–H and O–H groups in total. The Hall–Kier alpha value is -2.00. The van der Waals surface area contributed by atoms with Crippen molar-refractivity contribution in [3.8, 4) is 0 Å². The number of amides is 2. The molecular formula is C17H19ClN2O. The molecule has 0 bridgehead atoms. The van der Waals surface area contributed by atoms with Gasteiger partial charge in [-0.1, -0.05) is 35.9 Å². The van der Waals surface area contributed by atoms with Crippen LogP contribution in [0.4, 0.5) is 10.5 Å². The van der Waals surface area contributed by atoms with Gasteiger partial charge in [-0.05, 0) is 56.2 Å². The van der Waals surface area contributed by atoms with E-state index in [9.17, 15) is 4.79 Å². The zero-order valence-electron chi connectivity index (χ0n) is 12.4. The van der Waals surface area contributed by atoms with E-state index in [4.69, 9.17) is 11.6 Å². The summed E-state index contributed by atoms with van der Waals surface area (Å²) >= 11 is 5.89. The van der Waals surface area contributed by atoms with Gasteiger partial charge in [0, 0.05) is 10.7 Å². The Bertz CT molecular complexity index is 635. The third kappa shape index (κ3) is 4.23. The first kappa shape index (κ1) is 15.4. The van der Waals surface area contributed by atoms with Crippen LogP contribution in [0.2, 0.25) is 5.02 Å².